The standard InChI is InChI=1S/C22H28N6O/c1-14-11-28(12-15(2)27(14)4)20-10-19(23-13-24-20)21-17-9-16(29-22(3)7-8-22)5-6-18(17)25-26-21/h5-6,9-10,13-15H,7-8,11-12H2,1-4H3,(H,25,26). The number of rotatable bonds is 4. The number of aromatic nitrogens is 4. The van der Waals surface area contributed by atoms with Crippen molar-refractivity contribution < 1.29 is 4.74 Å². The first-order valence-electron chi connectivity index (χ1n) is 10.4. The van der Waals surface area contributed by atoms with Crippen LogP contribution in [-0.4, -0.2) is 62.9 Å². The van der Waals surface area contributed by atoms with Gasteiger partial charge in [-0.15, -0.1) is 0 Å². The van der Waals surface area contributed by atoms with E-state index in [-0.39, 0.29) is 5.60 Å². The van der Waals surface area contributed by atoms with E-state index in [1.54, 1.807) is 6.33 Å². The molecule has 1 saturated heterocycles. The molecular formula is C22H28N6O. The number of hydrogen-bond donors (Lipinski definition) is 1. The average molecular weight is 393 g/mol. The van der Waals surface area contributed by atoms with E-state index in [1.165, 1.54) is 0 Å². The highest BCUT2D eigenvalue weighted by Crippen LogP contribution is 2.40. The molecule has 0 radical (unpaired) electrons. The number of nitrogens with one attached hydrogen (secondary N) is 1. The van der Waals surface area contributed by atoms with Crippen LogP contribution >= 0.6 is 0 Å². The van der Waals surface area contributed by atoms with Gasteiger partial charge >= 0.3 is 0 Å². The first-order chi connectivity index (χ1) is 13.9. The lowest BCUT2D eigenvalue weighted by Crippen LogP contribution is -2.55. The van der Waals surface area contributed by atoms with Crippen molar-refractivity contribution in [1.82, 2.24) is 25.1 Å². The molecule has 2 unspecified atom stereocenters. The topological polar surface area (TPSA) is 70.2 Å². The molecule has 0 spiro atoms. The molecule has 2 atom stereocenters. The fraction of sp³-hybridized carbons (Fsp3) is 0.500. The van der Waals surface area contributed by atoms with Crippen LogP contribution in [0.5, 0.6) is 5.75 Å². The zero-order valence-corrected chi connectivity index (χ0v) is 17.5. The Hall–Kier alpha value is -2.67. The smallest absolute Gasteiger partial charge is 0.132 e. The number of fused-ring (bicyclic) bond motifs is 1. The van der Waals surface area contributed by atoms with Gasteiger partial charge in [0.1, 0.15) is 29.2 Å². The van der Waals surface area contributed by atoms with Crippen molar-refractivity contribution in [3.05, 3.63) is 30.6 Å². The Morgan fingerprint density at radius 2 is 1.86 bits per heavy atom. The summed E-state index contributed by atoms with van der Waals surface area (Å²) in [6, 6.07) is 9.11. The zero-order valence-electron chi connectivity index (χ0n) is 17.5. The van der Waals surface area contributed by atoms with Gasteiger partial charge in [-0.1, -0.05) is 0 Å². The van der Waals surface area contributed by atoms with Gasteiger partial charge in [-0.05, 0) is 58.9 Å². The van der Waals surface area contributed by atoms with E-state index in [4.69, 9.17) is 4.74 Å². The van der Waals surface area contributed by atoms with Gasteiger partial charge in [-0.2, -0.15) is 5.10 Å². The number of H-pyrrole nitrogens is 1. The van der Waals surface area contributed by atoms with Crippen LogP contribution in [0.15, 0.2) is 30.6 Å². The molecule has 1 aliphatic heterocycles. The van der Waals surface area contributed by atoms with E-state index in [1.807, 2.05) is 12.1 Å². The third kappa shape index (κ3) is 3.44. The van der Waals surface area contributed by atoms with Crippen LogP contribution in [0.1, 0.15) is 33.6 Å². The number of nitrogens with zero attached hydrogens (tertiary/aromatic N) is 5. The highest BCUT2D eigenvalue weighted by Gasteiger charge is 2.40. The number of aromatic amines is 1. The molecule has 152 valence electrons. The Morgan fingerprint density at radius 3 is 2.59 bits per heavy atom. The minimum Gasteiger partial charge on any atom is -0.488 e. The van der Waals surface area contributed by atoms with Crippen molar-refractivity contribution >= 4 is 16.7 Å². The van der Waals surface area contributed by atoms with E-state index in [0.29, 0.717) is 12.1 Å². The number of piperazine rings is 1. The molecule has 3 heterocycles. The highest BCUT2D eigenvalue weighted by molar-refractivity contribution is 5.93. The fourth-order valence-corrected chi connectivity index (χ4v) is 4.06. The third-order valence-corrected chi connectivity index (χ3v) is 6.43. The number of benzene rings is 1. The van der Waals surface area contributed by atoms with Crippen molar-refractivity contribution in [2.24, 2.45) is 0 Å². The first kappa shape index (κ1) is 18.4. The highest BCUT2D eigenvalue weighted by atomic mass is 16.5. The van der Waals surface area contributed by atoms with Crippen LogP contribution in [0, 0.1) is 0 Å². The monoisotopic (exact) mass is 392 g/mol. The number of likely N-dealkylation sites (N-methyl/N-ethyl adjacent to an activating group) is 1. The predicted molar refractivity (Wildman–Crippen MR) is 114 cm³/mol. The second kappa shape index (κ2) is 6.69. The van der Waals surface area contributed by atoms with Crippen molar-refractivity contribution in [2.75, 3.05) is 25.0 Å². The van der Waals surface area contributed by atoms with Crippen molar-refractivity contribution in [3.8, 4) is 17.1 Å². The molecule has 3 aromatic rings. The molecule has 5 rings (SSSR count). The molecule has 1 N–H and O–H groups in total. The molecule has 1 aliphatic carbocycles. The van der Waals surface area contributed by atoms with Gasteiger partial charge in [-0.3, -0.25) is 10.00 Å². The van der Waals surface area contributed by atoms with Gasteiger partial charge in [0.25, 0.3) is 0 Å². The second-order valence-corrected chi connectivity index (χ2v) is 8.86. The van der Waals surface area contributed by atoms with E-state index >= 15 is 0 Å². The third-order valence-electron chi connectivity index (χ3n) is 6.43. The molecule has 1 saturated carbocycles. The molecular weight excluding hydrogens is 364 g/mol. The molecule has 2 aliphatic rings. The lowest BCUT2D eigenvalue weighted by molar-refractivity contribution is 0.169. The first-order valence-corrected chi connectivity index (χ1v) is 10.4. The lowest BCUT2D eigenvalue weighted by atomic mass is 10.1. The quantitative estimate of drug-likeness (QED) is 0.733. The Kier molecular flexibility index (Phi) is 4.24. The summed E-state index contributed by atoms with van der Waals surface area (Å²) in [5.41, 5.74) is 2.64. The summed E-state index contributed by atoms with van der Waals surface area (Å²) in [4.78, 5) is 13.8. The predicted octanol–water partition coefficient (Wildman–Crippen LogP) is 3.48. The van der Waals surface area contributed by atoms with Crippen molar-refractivity contribution in [3.63, 3.8) is 0 Å². The van der Waals surface area contributed by atoms with E-state index in [2.05, 4.69) is 69.9 Å². The number of ether oxygens (including phenoxy) is 1. The fourth-order valence-electron chi connectivity index (χ4n) is 4.06. The van der Waals surface area contributed by atoms with Crippen molar-refractivity contribution in [1.29, 1.82) is 0 Å². The summed E-state index contributed by atoms with van der Waals surface area (Å²) >= 11 is 0. The van der Waals surface area contributed by atoms with E-state index in [9.17, 15) is 0 Å². The summed E-state index contributed by atoms with van der Waals surface area (Å²) in [5, 5.41) is 8.70. The minimum atomic E-state index is -0.00548. The van der Waals surface area contributed by atoms with Crippen LogP contribution < -0.4 is 9.64 Å². The summed E-state index contributed by atoms with van der Waals surface area (Å²) < 4.78 is 6.15. The maximum absolute atomic E-state index is 6.15. The van der Waals surface area contributed by atoms with Gasteiger partial charge in [0.05, 0.1) is 11.2 Å². The molecule has 0 amide bonds. The number of anilines is 1. The Bertz CT molecular complexity index is 1030. The largest absolute Gasteiger partial charge is 0.488 e. The minimum absolute atomic E-state index is 0.00548. The normalized spacial score (nSPS) is 24.1. The van der Waals surface area contributed by atoms with E-state index < -0.39 is 0 Å². The summed E-state index contributed by atoms with van der Waals surface area (Å²) in [6.45, 7) is 8.58. The molecule has 7 heteroatoms. The lowest BCUT2D eigenvalue weighted by Gasteiger charge is -2.42. The van der Waals surface area contributed by atoms with Gasteiger partial charge in [-0.25, -0.2) is 9.97 Å². The molecule has 7 nitrogen and oxygen atoms in total. The van der Waals surface area contributed by atoms with Gasteiger partial charge in [0, 0.05) is 36.6 Å². The maximum atomic E-state index is 6.15. The average Bonchev–Trinajstić information content (AvgIpc) is 3.28. The van der Waals surface area contributed by atoms with Crippen LogP contribution in [-0.2, 0) is 0 Å². The van der Waals surface area contributed by atoms with Crippen LogP contribution in [0.3, 0.4) is 0 Å². The SMILES string of the molecule is CC1CN(c2cc(-c3n[nH]c4ccc(OC5(C)CC5)cc34)ncn2)CC(C)N1C. The van der Waals surface area contributed by atoms with Gasteiger partial charge < -0.3 is 9.64 Å². The van der Waals surface area contributed by atoms with Crippen molar-refractivity contribution in [2.45, 2.75) is 51.3 Å². The molecule has 0 bridgehead atoms. The van der Waals surface area contributed by atoms with Gasteiger partial charge in [0.15, 0.2) is 0 Å². The van der Waals surface area contributed by atoms with E-state index in [0.717, 1.165) is 59.8 Å². The van der Waals surface area contributed by atoms with Crippen LogP contribution in [0.4, 0.5) is 5.82 Å². The Morgan fingerprint density at radius 1 is 1.10 bits per heavy atom. The Balaban J connectivity index is 1.47. The molecule has 2 aromatic heterocycles. The summed E-state index contributed by atoms with van der Waals surface area (Å²) in [5.74, 6) is 1.84. The Labute approximate surface area is 171 Å². The molecule has 29 heavy (non-hydrogen) atoms. The van der Waals surface area contributed by atoms with Crippen LogP contribution in [0.25, 0.3) is 22.3 Å². The van der Waals surface area contributed by atoms with Crippen LogP contribution in [0.2, 0.25) is 0 Å². The number of hydrogen-bond acceptors (Lipinski definition) is 6. The zero-order chi connectivity index (χ0) is 20.2. The van der Waals surface area contributed by atoms with Gasteiger partial charge in [0.2, 0.25) is 0 Å². The summed E-state index contributed by atoms with van der Waals surface area (Å²) in [6.07, 6.45) is 3.87. The second-order valence-electron chi connectivity index (χ2n) is 8.86. The summed E-state index contributed by atoms with van der Waals surface area (Å²) in [7, 11) is 2.19. The molecule has 2 fully saturated rings. The molecule has 1 aromatic carbocycles. The maximum Gasteiger partial charge on any atom is 0.132 e.